The minimum absolute atomic E-state index is 0.146. The van der Waals surface area contributed by atoms with Crippen LogP contribution in [0.5, 0.6) is 11.5 Å². The second-order valence-electron chi connectivity index (χ2n) is 8.25. The summed E-state index contributed by atoms with van der Waals surface area (Å²) in [6.45, 7) is 2.19. The Kier molecular flexibility index (Phi) is 8.98. The molecular weight excluding hydrogens is 441 g/mol. The largest absolute Gasteiger partial charge is 0.457 e. The van der Waals surface area contributed by atoms with Gasteiger partial charge in [-0.05, 0) is 43.5 Å². The Balaban J connectivity index is 1.70. The lowest BCUT2D eigenvalue weighted by atomic mass is 9.94. The van der Waals surface area contributed by atoms with Crippen LogP contribution >= 0.6 is 0 Å². The molecule has 0 bridgehead atoms. The average Bonchev–Trinajstić information content (AvgIpc) is 3.34. The van der Waals surface area contributed by atoms with Crippen molar-refractivity contribution in [1.82, 2.24) is 10.4 Å². The van der Waals surface area contributed by atoms with Crippen molar-refractivity contribution in [3.05, 3.63) is 54.6 Å². The van der Waals surface area contributed by atoms with E-state index in [1.165, 1.54) is 10.4 Å². The molecule has 182 valence electrons. The number of amides is 3. The van der Waals surface area contributed by atoms with Crippen molar-refractivity contribution >= 4 is 23.4 Å². The van der Waals surface area contributed by atoms with Crippen LogP contribution in [-0.4, -0.2) is 46.6 Å². The van der Waals surface area contributed by atoms with E-state index in [-0.39, 0.29) is 12.3 Å². The van der Waals surface area contributed by atoms with Gasteiger partial charge in [-0.25, -0.2) is 9.87 Å². The number of hydrogen-bond donors (Lipinski definition) is 3. The Morgan fingerprint density at radius 3 is 2.59 bits per heavy atom. The number of para-hydroxylation sites is 1. The highest BCUT2D eigenvalue weighted by Gasteiger charge is 2.41. The maximum absolute atomic E-state index is 14.7. The Morgan fingerprint density at radius 1 is 1.15 bits per heavy atom. The highest BCUT2D eigenvalue weighted by molar-refractivity contribution is 5.98. The molecule has 3 N–H and O–H groups in total. The molecule has 9 heteroatoms. The molecule has 0 aromatic heterocycles. The number of likely N-dealkylation sites (tertiary alicyclic amines) is 1. The molecule has 1 heterocycles. The Hall–Kier alpha value is -3.46. The van der Waals surface area contributed by atoms with E-state index >= 15 is 0 Å². The van der Waals surface area contributed by atoms with E-state index in [2.05, 4.69) is 5.32 Å². The van der Waals surface area contributed by atoms with Crippen LogP contribution in [0.2, 0.25) is 0 Å². The van der Waals surface area contributed by atoms with Crippen molar-refractivity contribution < 1.29 is 28.7 Å². The molecule has 0 spiro atoms. The monoisotopic (exact) mass is 471 g/mol. The van der Waals surface area contributed by atoms with Gasteiger partial charge >= 0.3 is 0 Å². The molecule has 8 nitrogen and oxygen atoms in total. The Bertz CT molecular complexity index is 988. The van der Waals surface area contributed by atoms with Gasteiger partial charge < -0.3 is 15.0 Å². The van der Waals surface area contributed by atoms with Gasteiger partial charge in [0.1, 0.15) is 17.5 Å². The van der Waals surface area contributed by atoms with Gasteiger partial charge in [0, 0.05) is 18.3 Å². The van der Waals surface area contributed by atoms with Crippen LogP contribution in [0.15, 0.2) is 54.6 Å². The number of hydroxylamine groups is 1. The molecular formula is C25H30FN3O5. The van der Waals surface area contributed by atoms with Gasteiger partial charge in [-0.15, -0.1) is 0 Å². The third kappa shape index (κ3) is 6.32. The van der Waals surface area contributed by atoms with Gasteiger partial charge in [-0.1, -0.05) is 44.0 Å². The first-order chi connectivity index (χ1) is 16.4. The van der Waals surface area contributed by atoms with Crippen molar-refractivity contribution in [2.75, 3.05) is 11.9 Å². The number of halogens is 1. The van der Waals surface area contributed by atoms with Gasteiger partial charge in [0.25, 0.3) is 5.91 Å². The third-order valence-electron chi connectivity index (χ3n) is 5.82. The van der Waals surface area contributed by atoms with Crippen molar-refractivity contribution in [3.63, 3.8) is 0 Å². The molecule has 2 unspecified atom stereocenters. The fourth-order valence-corrected chi connectivity index (χ4v) is 4.07. The fourth-order valence-electron chi connectivity index (χ4n) is 4.07. The molecule has 0 saturated carbocycles. The smallest absolute Gasteiger partial charge is 0.278 e. The first-order valence-electron chi connectivity index (χ1n) is 11.5. The zero-order valence-electron chi connectivity index (χ0n) is 19.1. The lowest BCUT2D eigenvalue weighted by Crippen LogP contribution is -2.49. The van der Waals surface area contributed by atoms with Crippen molar-refractivity contribution in [1.29, 1.82) is 0 Å². The second-order valence-corrected chi connectivity index (χ2v) is 8.25. The number of alkyl halides is 1. The van der Waals surface area contributed by atoms with E-state index in [1.54, 1.807) is 24.3 Å². The summed E-state index contributed by atoms with van der Waals surface area (Å²) in [6, 6.07) is 15.3. The first kappa shape index (κ1) is 25.2. The summed E-state index contributed by atoms with van der Waals surface area (Å²) in [6.07, 6.45) is 0.219. The molecule has 1 saturated heterocycles. The fraction of sp³-hybridized carbons (Fsp3) is 0.400. The zero-order valence-corrected chi connectivity index (χ0v) is 19.1. The van der Waals surface area contributed by atoms with Crippen LogP contribution in [0.3, 0.4) is 0 Å². The first-order valence-corrected chi connectivity index (χ1v) is 11.5. The summed E-state index contributed by atoms with van der Waals surface area (Å²) in [5.41, 5.74) is 1.78. The van der Waals surface area contributed by atoms with Gasteiger partial charge in [0.2, 0.25) is 11.8 Å². The highest BCUT2D eigenvalue weighted by Crippen LogP contribution is 2.28. The number of benzene rings is 2. The summed E-state index contributed by atoms with van der Waals surface area (Å²) in [5, 5.41) is 11.6. The van der Waals surface area contributed by atoms with E-state index in [4.69, 9.17) is 9.94 Å². The minimum atomic E-state index is -2.19. The molecule has 0 radical (unpaired) electrons. The molecule has 1 fully saturated rings. The van der Waals surface area contributed by atoms with E-state index in [0.717, 1.165) is 0 Å². The molecule has 3 rings (SSSR count). The molecule has 1 aliphatic rings. The predicted octanol–water partition coefficient (Wildman–Crippen LogP) is 4.06. The van der Waals surface area contributed by atoms with E-state index in [9.17, 15) is 18.8 Å². The number of carbonyl (C=O) groups excluding carboxylic acids is 3. The molecule has 2 aromatic carbocycles. The lowest BCUT2D eigenvalue weighted by molar-refractivity contribution is -0.148. The number of anilines is 1. The van der Waals surface area contributed by atoms with Crippen LogP contribution in [-0.2, 0) is 14.4 Å². The number of nitrogens with zero attached hydrogens (tertiary/aromatic N) is 1. The quantitative estimate of drug-likeness (QED) is 0.358. The van der Waals surface area contributed by atoms with E-state index in [0.29, 0.717) is 49.4 Å². The Morgan fingerprint density at radius 2 is 1.88 bits per heavy atom. The third-order valence-corrected chi connectivity index (χ3v) is 5.82. The predicted molar refractivity (Wildman–Crippen MR) is 124 cm³/mol. The van der Waals surface area contributed by atoms with Crippen LogP contribution in [0.4, 0.5) is 10.1 Å². The topological polar surface area (TPSA) is 108 Å². The van der Waals surface area contributed by atoms with Gasteiger partial charge in [0.15, 0.2) is 6.17 Å². The standard InChI is InChI=1S/C25H30FN3O5/c1-2-3-13-20(22(26)24(31)28-33)25(32)29-15-8-14-21(29)23(30)27-17-9-7-12-19(16-17)34-18-10-5-4-6-11-18/h4-7,9-12,16,20-22,33H,2-3,8,13-15H2,1H3,(H,27,30)(H,28,31)/t20?,21-,22?/m0/s1. The summed E-state index contributed by atoms with van der Waals surface area (Å²) < 4.78 is 20.5. The minimum Gasteiger partial charge on any atom is -0.457 e. The van der Waals surface area contributed by atoms with Crippen molar-refractivity contribution in [2.45, 2.75) is 51.2 Å². The summed E-state index contributed by atoms with van der Waals surface area (Å²) in [4.78, 5) is 39.2. The average molecular weight is 472 g/mol. The number of carbonyl (C=O) groups is 3. The lowest BCUT2D eigenvalue weighted by Gasteiger charge is -2.29. The highest BCUT2D eigenvalue weighted by atomic mass is 19.1. The SMILES string of the molecule is CCCCC(C(=O)N1CCC[C@H]1C(=O)Nc1cccc(Oc2ccccc2)c1)C(F)C(=O)NO. The normalized spacial score (nSPS) is 17.0. The molecule has 2 aromatic rings. The van der Waals surface area contributed by atoms with Gasteiger partial charge in [-0.2, -0.15) is 0 Å². The van der Waals surface area contributed by atoms with Crippen molar-refractivity contribution in [3.8, 4) is 11.5 Å². The van der Waals surface area contributed by atoms with Crippen LogP contribution in [0.1, 0.15) is 39.0 Å². The molecule has 1 aliphatic heterocycles. The van der Waals surface area contributed by atoms with Gasteiger partial charge in [-0.3, -0.25) is 19.6 Å². The number of ether oxygens (including phenoxy) is 1. The van der Waals surface area contributed by atoms with Gasteiger partial charge in [0.05, 0.1) is 5.92 Å². The maximum atomic E-state index is 14.7. The van der Waals surface area contributed by atoms with Crippen LogP contribution < -0.4 is 15.5 Å². The van der Waals surface area contributed by atoms with E-state index < -0.39 is 29.9 Å². The number of hydrogen-bond acceptors (Lipinski definition) is 5. The number of nitrogens with one attached hydrogen (secondary N) is 2. The zero-order chi connectivity index (χ0) is 24.5. The molecule has 34 heavy (non-hydrogen) atoms. The summed E-state index contributed by atoms with van der Waals surface area (Å²) in [5.74, 6) is -2.31. The van der Waals surface area contributed by atoms with Crippen LogP contribution in [0, 0.1) is 5.92 Å². The Labute approximate surface area is 198 Å². The maximum Gasteiger partial charge on any atom is 0.278 e. The molecule has 3 amide bonds. The second kappa shape index (κ2) is 12.1. The summed E-state index contributed by atoms with van der Waals surface area (Å²) >= 11 is 0. The molecule has 3 atom stereocenters. The number of unbranched alkanes of at least 4 members (excludes halogenated alkanes) is 1. The van der Waals surface area contributed by atoms with E-state index in [1.807, 2.05) is 37.3 Å². The molecule has 0 aliphatic carbocycles. The van der Waals surface area contributed by atoms with Crippen molar-refractivity contribution in [2.24, 2.45) is 5.92 Å². The number of rotatable bonds is 10. The summed E-state index contributed by atoms with van der Waals surface area (Å²) in [7, 11) is 0. The van der Waals surface area contributed by atoms with Crippen LogP contribution in [0.25, 0.3) is 0 Å².